The Labute approximate surface area is 156 Å². The molecular formula is C21H21NO3S. The largest absolute Gasteiger partial charge is 0.356 e. The van der Waals surface area contributed by atoms with E-state index in [-0.39, 0.29) is 10.9 Å². The molecule has 0 atom stereocenters. The summed E-state index contributed by atoms with van der Waals surface area (Å²) in [6, 6.07) is 26.8. The summed E-state index contributed by atoms with van der Waals surface area (Å²) in [5, 5.41) is 14.8. The summed E-state index contributed by atoms with van der Waals surface area (Å²) < 4.78 is 0. The molecule has 3 aromatic rings. The third-order valence-electron chi connectivity index (χ3n) is 3.77. The Morgan fingerprint density at radius 3 is 0.962 bits per heavy atom. The maximum atomic E-state index is 8.25. The van der Waals surface area contributed by atoms with Gasteiger partial charge in [-0.2, -0.15) is 0 Å². The Balaban J connectivity index is 0.000000552. The summed E-state index contributed by atoms with van der Waals surface area (Å²) in [6.45, 7) is 6.42. The minimum Gasteiger partial charge on any atom is -0.356 e. The van der Waals surface area contributed by atoms with Crippen LogP contribution in [0.3, 0.4) is 0 Å². The Kier molecular flexibility index (Phi) is 6.81. The number of hydrogen-bond donors (Lipinski definition) is 0. The van der Waals surface area contributed by atoms with Gasteiger partial charge in [0, 0.05) is 0 Å². The van der Waals surface area contributed by atoms with Crippen LogP contribution >= 0.6 is 0 Å². The van der Waals surface area contributed by atoms with Crippen LogP contribution in [0.5, 0.6) is 0 Å². The van der Waals surface area contributed by atoms with Crippen molar-refractivity contribution in [3.63, 3.8) is 0 Å². The zero-order chi connectivity index (χ0) is 19.1. The van der Waals surface area contributed by atoms with E-state index in [9.17, 15) is 0 Å². The molecule has 0 aliphatic carbocycles. The van der Waals surface area contributed by atoms with Crippen molar-refractivity contribution in [2.45, 2.75) is 35.5 Å². The van der Waals surface area contributed by atoms with Gasteiger partial charge in [-0.3, -0.25) is 0 Å². The van der Waals surface area contributed by atoms with Crippen LogP contribution in [-0.4, -0.2) is 5.09 Å². The quantitative estimate of drug-likeness (QED) is 0.350. The second-order valence-electron chi connectivity index (χ2n) is 5.97. The van der Waals surface area contributed by atoms with Crippen LogP contribution in [0.25, 0.3) is 0 Å². The molecule has 0 unspecified atom stereocenters. The molecular weight excluding hydrogens is 346 g/mol. The van der Waals surface area contributed by atoms with Crippen molar-refractivity contribution in [3.8, 4) is 0 Å². The van der Waals surface area contributed by atoms with Crippen molar-refractivity contribution in [2.75, 3.05) is 0 Å². The van der Waals surface area contributed by atoms with Crippen molar-refractivity contribution in [1.82, 2.24) is 0 Å². The Morgan fingerprint density at radius 2 is 0.769 bits per heavy atom. The second kappa shape index (κ2) is 9.06. The molecule has 0 saturated heterocycles. The van der Waals surface area contributed by atoms with Crippen molar-refractivity contribution in [3.05, 3.63) is 105 Å². The number of rotatable bonds is 3. The molecule has 26 heavy (non-hydrogen) atoms. The third kappa shape index (κ3) is 5.63. The van der Waals surface area contributed by atoms with Gasteiger partial charge in [-0.1, -0.05) is 53.1 Å². The van der Waals surface area contributed by atoms with Crippen molar-refractivity contribution < 1.29 is 5.09 Å². The monoisotopic (exact) mass is 367 g/mol. The fraction of sp³-hybridized carbons (Fsp3) is 0.143. The summed E-state index contributed by atoms with van der Waals surface area (Å²) in [6.07, 6.45) is 0. The predicted molar refractivity (Wildman–Crippen MR) is 106 cm³/mol. The first-order valence-electron chi connectivity index (χ1n) is 8.12. The lowest BCUT2D eigenvalue weighted by molar-refractivity contribution is -0.402. The molecule has 0 heterocycles. The molecule has 0 aromatic heterocycles. The summed E-state index contributed by atoms with van der Waals surface area (Å²) in [5.41, 5.74) is 3.92. The van der Waals surface area contributed by atoms with Crippen LogP contribution < -0.4 is 0 Å². The van der Waals surface area contributed by atoms with E-state index in [0.717, 1.165) is 0 Å². The molecule has 0 saturated carbocycles. The topological polar surface area (TPSA) is 66.2 Å². The number of aryl methyl sites for hydroxylation is 3. The van der Waals surface area contributed by atoms with Crippen LogP contribution in [-0.2, 0) is 10.9 Å². The first-order valence-corrected chi connectivity index (χ1v) is 9.35. The van der Waals surface area contributed by atoms with Crippen molar-refractivity contribution >= 4 is 10.9 Å². The molecule has 3 aromatic carbocycles. The van der Waals surface area contributed by atoms with Gasteiger partial charge in [-0.25, -0.2) is 0 Å². The average Bonchev–Trinajstić information content (AvgIpc) is 2.60. The molecule has 0 amide bonds. The van der Waals surface area contributed by atoms with Crippen LogP contribution in [0.4, 0.5) is 0 Å². The summed E-state index contributed by atoms with van der Waals surface area (Å²) in [7, 11) is -0.0394. The number of benzene rings is 3. The molecule has 134 valence electrons. The lowest BCUT2D eigenvalue weighted by Crippen LogP contribution is -2.04. The Bertz CT molecular complexity index is 732. The molecule has 5 heteroatoms. The maximum Gasteiger partial charge on any atom is 0.166 e. The van der Waals surface area contributed by atoms with Gasteiger partial charge < -0.3 is 15.3 Å². The minimum atomic E-state index is -1.75. The first kappa shape index (κ1) is 19.5. The van der Waals surface area contributed by atoms with E-state index < -0.39 is 5.09 Å². The van der Waals surface area contributed by atoms with E-state index in [4.69, 9.17) is 15.3 Å². The van der Waals surface area contributed by atoms with Crippen molar-refractivity contribution in [1.29, 1.82) is 0 Å². The second-order valence-corrected chi connectivity index (χ2v) is 8.00. The van der Waals surface area contributed by atoms with E-state index in [1.54, 1.807) is 0 Å². The standard InChI is InChI=1S/C21H21S.NO3/c1-16-4-10-19(11-5-16)22(20-12-6-17(2)7-13-20)21-14-8-18(3)9-15-21;2-1(3)4/h4-15H,1-3H3;/q+1;-1. The lowest BCUT2D eigenvalue weighted by atomic mass is 10.2. The van der Waals surface area contributed by atoms with Gasteiger partial charge in [0.25, 0.3) is 0 Å². The molecule has 4 nitrogen and oxygen atoms in total. The summed E-state index contributed by atoms with van der Waals surface area (Å²) in [5.74, 6) is 0. The van der Waals surface area contributed by atoms with E-state index in [1.165, 1.54) is 31.4 Å². The number of hydrogen-bond acceptors (Lipinski definition) is 3. The zero-order valence-electron chi connectivity index (χ0n) is 15.0. The van der Waals surface area contributed by atoms with Crippen molar-refractivity contribution in [2.24, 2.45) is 0 Å². The first-order chi connectivity index (χ1) is 12.4. The highest BCUT2D eigenvalue weighted by Gasteiger charge is 2.28. The van der Waals surface area contributed by atoms with Crippen LogP contribution in [0.1, 0.15) is 16.7 Å². The third-order valence-corrected chi connectivity index (χ3v) is 6.00. The molecule has 0 radical (unpaired) electrons. The zero-order valence-corrected chi connectivity index (χ0v) is 15.8. The van der Waals surface area contributed by atoms with E-state index in [2.05, 4.69) is 93.6 Å². The van der Waals surface area contributed by atoms with Gasteiger partial charge in [0.15, 0.2) is 14.7 Å². The summed E-state index contributed by atoms with van der Waals surface area (Å²) in [4.78, 5) is 12.4. The highest BCUT2D eigenvalue weighted by molar-refractivity contribution is 7.97. The van der Waals surface area contributed by atoms with Crippen LogP contribution in [0, 0.1) is 36.1 Å². The van der Waals surface area contributed by atoms with Gasteiger partial charge in [-0.15, -0.1) is 0 Å². The fourth-order valence-electron chi connectivity index (χ4n) is 2.43. The fourth-order valence-corrected chi connectivity index (χ4v) is 4.47. The van der Waals surface area contributed by atoms with Crippen LogP contribution in [0.15, 0.2) is 87.5 Å². The minimum absolute atomic E-state index is 0.0394. The Morgan fingerprint density at radius 1 is 0.577 bits per heavy atom. The molecule has 0 aliphatic heterocycles. The molecule has 0 N–H and O–H groups in total. The highest BCUT2D eigenvalue weighted by atomic mass is 32.2. The molecule has 0 fully saturated rings. The van der Waals surface area contributed by atoms with Gasteiger partial charge in [0.05, 0.1) is 16.0 Å². The molecule has 0 aliphatic rings. The molecule has 3 rings (SSSR count). The molecule has 0 spiro atoms. The van der Waals surface area contributed by atoms with Gasteiger partial charge in [0.1, 0.15) is 0 Å². The van der Waals surface area contributed by atoms with E-state index in [1.807, 2.05) is 0 Å². The molecule has 0 bridgehead atoms. The van der Waals surface area contributed by atoms with Gasteiger partial charge in [-0.05, 0) is 57.2 Å². The SMILES string of the molecule is Cc1ccc([S+](c2ccc(C)cc2)c2ccc(C)cc2)cc1.O=[N+]([O-])[O-]. The Hall–Kier alpha value is -2.79. The highest BCUT2D eigenvalue weighted by Crippen LogP contribution is 2.31. The van der Waals surface area contributed by atoms with Gasteiger partial charge in [0.2, 0.25) is 0 Å². The normalized spacial score (nSPS) is 10.2. The average molecular weight is 367 g/mol. The number of nitrogens with zero attached hydrogens (tertiary/aromatic N) is 1. The van der Waals surface area contributed by atoms with E-state index >= 15 is 0 Å². The maximum absolute atomic E-state index is 8.25. The smallest absolute Gasteiger partial charge is 0.166 e. The van der Waals surface area contributed by atoms with Crippen LogP contribution in [0.2, 0.25) is 0 Å². The van der Waals surface area contributed by atoms with Gasteiger partial charge >= 0.3 is 0 Å². The van der Waals surface area contributed by atoms with E-state index in [0.29, 0.717) is 0 Å². The lowest BCUT2D eigenvalue weighted by Gasteiger charge is -2.09. The predicted octanol–water partition coefficient (Wildman–Crippen LogP) is 5.47. The summed E-state index contributed by atoms with van der Waals surface area (Å²) >= 11 is 0.